The molecule has 2 aliphatic heterocycles. The fourth-order valence-corrected chi connectivity index (χ4v) is 4.48. The molecule has 0 spiro atoms. The first-order valence-electron chi connectivity index (χ1n) is 12.1. The van der Waals surface area contributed by atoms with Gasteiger partial charge in [0.2, 0.25) is 0 Å². The highest BCUT2D eigenvalue weighted by Gasteiger charge is 2.46. The van der Waals surface area contributed by atoms with Gasteiger partial charge in [-0.1, -0.05) is 30.3 Å². The van der Waals surface area contributed by atoms with Crippen LogP contribution in [0.25, 0.3) is 5.76 Å². The van der Waals surface area contributed by atoms with Gasteiger partial charge in [-0.25, -0.2) is 0 Å². The number of ether oxygens (including phenoxy) is 3. The van der Waals surface area contributed by atoms with Crippen LogP contribution in [0.5, 0.6) is 23.0 Å². The number of hydrogen-bond donors (Lipinski definition) is 1. The van der Waals surface area contributed by atoms with Gasteiger partial charge in [0.15, 0.2) is 11.5 Å². The minimum atomic E-state index is -0.785. The van der Waals surface area contributed by atoms with Crippen molar-refractivity contribution in [3.8, 4) is 23.0 Å². The number of likely N-dealkylation sites (tertiary alicyclic amines) is 1. The molecule has 2 aliphatic rings. The van der Waals surface area contributed by atoms with E-state index in [0.717, 1.165) is 0 Å². The van der Waals surface area contributed by atoms with Crippen molar-refractivity contribution in [1.29, 1.82) is 0 Å². The topological polar surface area (TPSA) is 88.5 Å². The van der Waals surface area contributed by atoms with Gasteiger partial charge in [-0.15, -0.1) is 0 Å². The lowest BCUT2D eigenvalue weighted by atomic mass is 9.95. The number of Topliss-reactive ketones (excluding diaryl/α,β-unsaturated/α-hetero) is 1. The van der Waals surface area contributed by atoms with E-state index in [1.165, 1.54) is 4.90 Å². The van der Waals surface area contributed by atoms with E-state index in [4.69, 9.17) is 14.2 Å². The van der Waals surface area contributed by atoms with E-state index >= 15 is 0 Å². The SMILES string of the molecule is CN(C)CCN1C(=O)C(=O)C(=C(O)c2ccc3c(c2)OCCO3)[C@@H]1c1cccc(Oc2ccccc2)c1. The van der Waals surface area contributed by atoms with E-state index in [9.17, 15) is 14.7 Å². The third-order valence-corrected chi connectivity index (χ3v) is 6.30. The number of aliphatic hydroxyl groups excluding tert-OH is 1. The van der Waals surface area contributed by atoms with Crippen LogP contribution in [0.2, 0.25) is 0 Å². The van der Waals surface area contributed by atoms with Crippen LogP contribution in [-0.4, -0.2) is 67.0 Å². The van der Waals surface area contributed by atoms with Gasteiger partial charge in [0.25, 0.3) is 11.7 Å². The molecular weight excluding hydrogens is 472 g/mol. The van der Waals surface area contributed by atoms with Gasteiger partial charge in [0.1, 0.15) is 30.5 Å². The highest BCUT2D eigenvalue weighted by molar-refractivity contribution is 6.46. The second kappa shape index (κ2) is 10.4. The fourth-order valence-electron chi connectivity index (χ4n) is 4.48. The lowest BCUT2D eigenvalue weighted by Gasteiger charge is -2.27. The number of ketones is 1. The molecule has 0 aromatic heterocycles. The van der Waals surface area contributed by atoms with Gasteiger partial charge >= 0.3 is 0 Å². The molecule has 190 valence electrons. The van der Waals surface area contributed by atoms with Crippen LogP contribution in [0.4, 0.5) is 0 Å². The summed E-state index contributed by atoms with van der Waals surface area (Å²) >= 11 is 0. The Balaban J connectivity index is 1.58. The quantitative estimate of drug-likeness (QED) is 0.295. The number of hydrogen-bond acceptors (Lipinski definition) is 7. The van der Waals surface area contributed by atoms with Crippen molar-refractivity contribution in [2.45, 2.75) is 6.04 Å². The van der Waals surface area contributed by atoms with Crippen LogP contribution in [0.3, 0.4) is 0 Å². The van der Waals surface area contributed by atoms with Crippen molar-refractivity contribution in [3.63, 3.8) is 0 Å². The van der Waals surface area contributed by atoms with Gasteiger partial charge in [-0.2, -0.15) is 0 Å². The summed E-state index contributed by atoms with van der Waals surface area (Å²) in [4.78, 5) is 30.0. The van der Waals surface area contributed by atoms with E-state index in [1.807, 2.05) is 67.5 Å². The molecule has 1 atom stereocenters. The smallest absolute Gasteiger partial charge is 0.295 e. The van der Waals surface area contributed by atoms with E-state index in [-0.39, 0.29) is 11.3 Å². The maximum atomic E-state index is 13.3. The van der Waals surface area contributed by atoms with Crippen molar-refractivity contribution >= 4 is 17.4 Å². The second-order valence-electron chi connectivity index (χ2n) is 9.14. The highest BCUT2D eigenvalue weighted by Crippen LogP contribution is 2.42. The summed E-state index contributed by atoms with van der Waals surface area (Å²) in [6.07, 6.45) is 0. The third-order valence-electron chi connectivity index (χ3n) is 6.30. The van der Waals surface area contributed by atoms with Crippen LogP contribution in [-0.2, 0) is 9.59 Å². The Labute approximate surface area is 215 Å². The molecule has 1 N–H and O–H groups in total. The highest BCUT2D eigenvalue weighted by atomic mass is 16.6. The minimum Gasteiger partial charge on any atom is -0.507 e. The van der Waals surface area contributed by atoms with Crippen LogP contribution >= 0.6 is 0 Å². The van der Waals surface area contributed by atoms with Crippen LogP contribution in [0, 0.1) is 0 Å². The molecule has 8 heteroatoms. The number of rotatable bonds is 7. The summed E-state index contributed by atoms with van der Waals surface area (Å²) in [6.45, 7) is 1.69. The van der Waals surface area contributed by atoms with Crippen LogP contribution in [0.15, 0.2) is 78.4 Å². The summed E-state index contributed by atoms with van der Waals surface area (Å²) in [5.74, 6) is 0.621. The first-order chi connectivity index (χ1) is 17.9. The van der Waals surface area contributed by atoms with Crippen molar-refractivity contribution in [3.05, 3.63) is 89.5 Å². The first kappa shape index (κ1) is 24.4. The van der Waals surface area contributed by atoms with Gasteiger partial charge in [-0.05, 0) is 62.1 Å². The predicted octanol–water partition coefficient (Wildman–Crippen LogP) is 4.23. The summed E-state index contributed by atoms with van der Waals surface area (Å²) in [5, 5.41) is 11.4. The number of carbonyl (C=O) groups is 2. The largest absolute Gasteiger partial charge is 0.507 e. The molecule has 37 heavy (non-hydrogen) atoms. The molecule has 1 fully saturated rings. The van der Waals surface area contributed by atoms with Gasteiger partial charge in [0, 0.05) is 18.7 Å². The Kier molecular flexibility index (Phi) is 6.83. The number of fused-ring (bicyclic) bond motifs is 1. The van der Waals surface area contributed by atoms with E-state index in [2.05, 4.69) is 0 Å². The standard InChI is InChI=1S/C29H28N2O6/c1-30(2)13-14-31-26(19-7-6-10-22(17-19)37-21-8-4-3-5-9-21)25(28(33)29(31)34)27(32)20-11-12-23-24(18-20)36-16-15-35-23/h3-12,17-18,26,32H,13-16H2,1-2H3/t26-/m0/s1. The minimum absolute atomic E-state index is 0.0253. The Morgan fingerprint density at radius 3 is 2.43 bits per heavy atom. The zero-order valence-corrected chi connectivity index (χ0v) is 20.7. The number of amides is 1. The zero-order valence-electron chi connectivity index (χ0n) is 20.7. The van der Waals surface area contributed by atoms with E-state index < -0.39 is 17.7 Å². The number of aliphatic hydroxyl groups is 1. The third kappa shape index (κ3) is 5.01. The molecule has 8 nitrogen and oxygen atoms in total. The summed E-state index contributed by atoms with van der Waals surface area (Å²) in [6, 6.07) is 20.8. The van der Waals surface area contributed by atoms with Gasteiger partial charge in [-0.3, -0.25) is 9.59 Å². The summed E-state index contributed by atoms with van der Waals surface area (Å²) < 4.78 is 17.2. The van der Waals surface area contributed by atoms with Crippen molar-refractivity contribution < 1.29 is 28.9 Å². The maximum Gasteiger partial charge on any atom is 0.295 e. The Hall–Kier alpha value is -4.30. The Morgan fingerprint density at radius 1 is 0.946 bits per heavy atom. The Morgan fingerprint density at radius 2 is 1.68 bits per heavy atom. The molecule has 0 bridgehead atoms. The molecule has 1 saturated heterocycles. The maximum absolute atomic E-state index is 13.3. The molecule has 3 aromatic carbocycles. The molecule has 0 aliphatic carbocycles. The number of para-hydroxylation sites is 1. The summed E-state index contributed by atoms with van der Waals surface area (Å²) in [5.41, 5.74) is 1.05. The molecule has 5 rings (SSSR count). The normalized spacial score (nSPS) is 18.4. The number of nitrogens with zero attached hydrogens (tertiary/aromatic N) is 2. The van der Waals surface area contributed by atoms with Crippen molar-refractivity contribution in [2.75, 3.05) is 40.4 Å². The molecular formula is C29H28N2O6. The van der Waals surface area contributed by atoms with E-state index in [1.54, 1.807) is 24.3 Å². The van der Waals surface area contributed by atoms with Gasteiger partial charge in [0.05, 0.1) is 11.6 Å². The number of benzene rings is 3. The average molecular weight is 501 g/mol. The van der Waals surface area contributed by atoms with Crippen molar-refractivity contribution in [1.82, 2.24) is 9.80 Å². The molecule has 2 heterocycles. The molecule has 1 amide bonds. The first-order valence-corrected chi connectivity index (χ1v) is 12.1. The molecule has 0 radical (unpaired) electrons. The molecule has 3 aromatic rings. The van der Waals surface area contributed by atoms with Crippen molar-refractivity contribution in [2.24, 2.45) is 0 Å². The fraction of sp³-hybridized carbons (Fsp3) is 0.241. The van der Waals surface area contributed by atoms with E-state index in [0.29, 0.717) is 60.4 Å². The zero-order chi connectivity index (χ0) is 25.9. The molecule has 0 saturated carbocycles. The molecule has 0 unspecified atom stereocenters. The second-order valence-corrected chi connectivity index (χ2v) is 9.14. The monoisotopic (exact) mass is 500 g/mol. The van der Waals surface area contributed by atoms with Crippen LogP contribution in [0.1, 0.15) is 17.2 Å². The summed E-state index contributed by atoms with van der Waals surface area (Å²) in [7, 11) is 3.80. The van der Waals surface area contributed by atoms with Gasteiger partial charge < -0.3 is 29.1 Å². The lowest BCUT2D eigenvalue weighted by molar-refractivity contribution is -0.140. The van der Waals surface area contributed by atoms with Crippen LogP contribution < -0.4 is 14.2 Å². The predicted molar refractivity (Wildman–Crippen MR) is 138 cm³/mol. The average Bonchev–Trinajstić information content (AvgIpc) is 3.17. The lowest BCUT2D eigenvalue weighted by Crippen LogP contribution is -2.35. The number of likely N-dealkylation sites (N-methyl/N-ethyl adjacent to an activating group) is 1. The number of carbonyl (C=O) groups excluding carboxylic acids is 2. The Bertz CT molecular complexity index is 1350.